The Hall–Kier alpha value is -0.950. The highest BCUT2D eigenvalue weighted by Gasteiger charge is 2.05. The molecule has 96 valence electrons. The van der Waals surface area contributed by atoms with Crippen molar-refractivity contribution in [2.45, 2.75) is 26.8 Å². The molecule has 0 radical (unpaired) electrons. The van der Waals surface area contributed by atoms with Gasteiger partial charge in [-0.2, -0.15) is 5.10 Å². The number of aryl methyl sites for hydroxylation is 1. The van der Waals surface area contributed by atoms with E-state index >= 15 is 0 Å². The highest BCUT2D eigenvalue weighted by atomic mass is 127. The summed E-state index contributed by atoms with van der Waals surface area (Å²) < 4.78 is 2.93. The summed E-state index contributed by atoms with van der Waals surface area (Å²) >= 11 is 2.25. The van der Waals surface area contributed by atoms with Crippen molar-refractivity contribution in [3.8, 4) is 5.82 Å². The van der Waals surface area contributed by atoms with Crippen LogP contribution in [-0.4, -0.2) is 21.3 Å². The van der Waals surface area contributed by atoms with E-state index in [1.807, 2.05) is 23.3 Å². The minimum absolute atomic E-state index is 0.874. The van der Waals surface area contributed by atoms with Crippen molar-refractivity contribution in [3.63, 3.8) is 0 Å². The normalized spacial score (nSPS) is 10.8. The van der Waals surface area contributed by atoms with Crippen LogP contribution in [0, 0.1) is 10.5 Å². The van der Waals surface area contributed by atoms with E-state index in [4.69, 9.17) is 0 Å². The van der Waals surface area contributed by atoms with Crippen LogP contribution in [0.5, 0.6) is 0 Å². The third-order valence-corrected chi connectivity index (χ3v) is 3.19. The molecule has 0 amide bonds. The number of aromatic nitrogens is 3. The van der Waals surface area contributed by atoms with E-state index in [1.54, 1.807) is 0 Å². The van der Waals surface area contributed by atoms with Crippen molar-refractivity contribution < 1.29 is 0 Å². The zero-order valence-corrected chi connectivity index (χ0v) is 12.8. The van der Waals surface area contributed by atoms with Gasteiger partial charge in [-0.05, 0) is 59.7 Å². The van der Waals surface area contributed by atoms with Crippen LogP contribution >= 0.6 is 22.6 Å². The second kappa shape index (κ2) is 6.29. The van der Waals surface area contributed by atoms with Gasteiger partial charge in [0, 0.05) is 18.9 Å². The van der Waals surface area contributed by atoms with Gasteiger partial charge in [0.15, 0.2) is 5.82 Å². The molecule has 5 heteroatoms. The molecular weight excluding hydrogens is 339 g/mol. The molecule has 18 heavy (non-hydrogen) atoms. The lowest BCUT2D eigenvalue weighted by atomic mass is 10.2. The first-order valence-corrected chi connectivity index (χ1v) is 7.15. The zero-order valence-electron chi connectivity index (χ0n) is 10.7. The van der Waals surface area contributed by atoms with Gasteiger partial charge in [0.1, 0.15) is 0 Å². The zero-order chi connectivity index (χ0) is 13.0. The number of hydrogen-bond donors (Lipinski definition) is 1. The highest BCUT2D eigenvalue weighted by molar-refractivity contribution is 14.1. The lowest BCUT2D eigenvalue weighted by molar-refractivity contribution is 0.672. The van der Waals surface area contributed by atoms with Crippen molar-refractivity contribution in [1.82, 2.24) is 20.1 Å². The molecule has 4 nitrogen and oxygen atoms in total. The molecule has 0 bridgehead atoms. The molecule has 0 aromatic carbocycles. The smallest absolute Gasteiger partial charge is 0.156 e. The molecule has 0 aliphatic rings. The van der Waals surface area contributed by atoms with Crippen molar-refractivity contribution in [2.24, 2.45) is 0 Å². The van der Waals surface area contributed by atoms with E-state index in [-0.39, 0.29) is 0 Å². The summed E-state index contributed by atoms with van der Waals surface area (Å²) in [6, 6.07) is 2.17. The predicted octanol–water partition coefficient (Wildman–Crippen LogP) is 2.68. The average molecular weight is 356 g/mol. The molecule has 2 heterocycles. The SMILES string of the molecule is CCCNCc1cnc(-n2cc(I)cn2)c(C)c1. The molecule has 2 aromatic rings. The van der Waals surface area contributed by atoms with Crippen LogP contribution in [-0.2, 0) is 6.54 Å². The van der Waals surface area contributed by atoms with E-state index in [0.717, 1.165) is 34.5 Å². The fraction of sp³-hybridized carbons (Fsp3) is 0.385. The minimum atomic E-state index is 0.874. The van der Waals surface area contributed by atoms with E-state index in [0.29, 0.717) is 0 Å². The van der Waals surface area contributed by atoms with Gasteiger partial charge in [0.25, 0.3) is 0 Å². The molecular formula is C13H17IN4. The number of hydrogen-bond acceptors (Lipinski definition) is 3. The molecule has 2 rings (SSSR count). The van der Waals surface area contributed by atoms with Crippen LogP contribution in [0.4, 0.5) is 0 Å². The summed E-state index contributed by atoms with van der Waals surface area (Å²) in [6.07, 6.45) is 6.87. The number of nitrogens with one attached hydrogen (secondary N) is 1. The molecule has 1 N–H and O–H groups in total. The van der Waals surface area contributed by atoms with Crippen molar-refractivity contribution in [3.05, 3.63) is 39.4 Å². The molecule has 0 atom stereocenters. The number of halogens is 1. The van der Waals surface area contributed by atoms with Gasteiger partial charge in [-0.15, -0.1) is 0 Å². The summed E-state index contributed by atoms with van der Waals surface area (Å²) in [6.45, 7) is 6.15. The van der Waals surface area contributed by atoms with E-state index in [1.165, 1.54) is 5.56 Å². The Morgan fingerprint density at radius 1 is 1.39 bits per heavy atom. The Kier molecular flexibility index (Phi) is 4.71. The Balaban J connectivity index is 2.15. The second-order valence-corrected chi connectivity index (χ2v) is 5.51. The Morgan fingerprint density at radius 2 is 2.22 bits per heavy atom. The molecule has 0 aliphatic heterocycles. The van der Waals surface area contributed by atoms with E-state index in [9.17, 15) is 0 Å². The largest absolute Gasteiger partial charge is 0.313 e. The average Bonchev–Trinajstić information content (AvgIpc) is 2.76. The van der Waals surface area contributed by atoms with Crippen LogP contribution in [0.1, 0.15) is 24.5 Å². The summed E-state index contributed by atoms with van der Waals surface area (Å²) in [5, 5.41) is 7.66. The number of rotatable bonds is 5. The Labute approximate surface area is 121 Å². The molecule has 0 fully saturated rings. The minimum Gasteiger partial charge on any atom is -0.313 e. The first-order valence-electron chi connectivity index (χ1n) is 6.07. The van der Waals surface area contributed by atoms with Crippen LogP contribution in [0.15, 0.2) is 24.7 Å². The first kappa shape index (κ1) is 13.5. The van der Waals surface area contributed by atoms with Gasteiger partial charge in [-0.1, -0.05) is 6.92 Å². The first-order chi connectivity index (χ1) is 8.70. The molecule has 0 saturated heterocycles. The Bertz CT molecular complexity index is 521. The van der Waals surface area contributed by atoms with E-state index in [2.05, 4.69) is 57.9 Å². The van der Waals surface area contributed by atoms with Crippen LogP contribution in [0.3, 0.4) is 0 Å². The quantitative estimate of drug-likeness (QED) is 0.662. The maximum Gasteiger partial charge on any atom is 0.156 e. The van der Waals surface area contributed by atoms with Gasteiger partial charge in [0.2, 0.25) is 0 Å². The maximum absolute atomic E-state index is 4.50. The fourth-order valence-corrected chi connectivity index (χ4v) is 2.18. The van der Waals surface area contributed by atoms with Gasteiger partial charge in [-0.25, -0.2) is 9.67 Å². The molecule has 0 unspecified atom stereocenters. The van der Waals surface area contributed by atoms with Gasteiger partial charge in [0.05, 0.1) is 9.77 Å². The van der Waals surface area contributed by atoms with Crippen LogP contribution < -0.4 is 5.32 Å². The monoisotopic (exact) mass is 356 g/mol. The van der Waals surface area contributed by atoms with Crippen LogP contribution in [0.25, 0.3) is 5.82 Å². The summed E-state index contributed by atoms with van der Waals surface area (Å²) in [5.41, 5.74) is 2.36. The standard InChI is InChI=1S/C13H17IN4/c1-3-4-15-6-11-5-10(2)13(16-7-11)18-9-12(14)8-17-18/h5,7-9,15H,3-4,6H2,1-2H3. The maximum atomic E-state index is 4.50. The second-order valence-electron chi connectivity index (χ2n) is 4.26. The summed E-state index contributed by atoms with van der Waals surface area (Å²) in [4.78, 5) is 4.50. The van der Waals surface area contributed by atoms with Gasteiger partial charge in [-0.3, -0.25) is 0 Å². The topological polar surface area (TPSA) is 42.7 Å². The van der Waals surface area contributed by atoms with Crippen molar-refractivity contribution in [1.29, 1.82) is 0 Å². The molecule has 0 saturated carbocycles. The number of pyridine rings is 1. The van der Waals surface area contributed by atoms with Gasteiger partial charge < -0.3 is 5.32 Å². The van der Waals surface area contributed by atoms with Crippen LogP contribution in [0.2, 0.25) is 0 Å². The lowest BCUT2D eigenvalue weighted by Crippen LogP contribution is -2.14. The van der Waals surface area contributed by atoms with E-state index < -0.39 is 0 Å². The van der Waals surface area contributed by atoms with Crippen molar-refractivity contribution in [2.75, 3.05) is 6.54 Å². The van der Waals surface area contributed by atoms with Gasteiger partial charge >= 0.3 is 0 Å². The summed E-state index contributed by atoms with van der Waals surface area (Å²) in [5.74, 6) is 0.900. The van der Waals surface area contributed by atoms with Crippen molar-refractivity contribution >= 4 is 22.6 Å². The molecule has 2 aromatic heterocycles. The summed E-state index contributed by atoms with van der Waals surface area (Å²) in [7, 11) is 0. The fourth-order valence-electron chi connectivity index (χ4n) is 1.79. The predicted molar refractivity (Wildman–Crippen MR) is 80.8 cm³/mol. The third kappa shape index (κ3) is 3.29. The highest BCUT2D eigenvalue weighted by Crippen LogP contribution is 2.13. The number of nitrogens with zero attached hydrogens (tertiary/aromatic N) is 3. The molecule has 0 aliphatic carbocycles. The molecule has 0 spiro atoms. The Morgan fingerprint density at radius 3 is 2.83 bits per heavy atom. The third-order valence-electron chi connectivity index (χ3n) is 2.63. The lowest BCUT2D eigenvalue weighted by Gasteiger charge is -2.08.